The molecule has 1 aliphatic heterocycles. The van der Waals surface area contributed by atoms with Gasteiger partial charge in [0.25, 0.3) is 5.91 Å². The van der Waals surface area contributed by atoms with E-state index < -0.39 is 35.7 Å². The Kier molecular flexibility index (Phi) is 10.0. The number of alkyl carbamates (subject to hydrolysis) is 1. The summed E-state index contributed by atoms with van der Waals surface area (Å²) >= 11 is 6.33. The first-order chi connectivity index (χ1) is 22.8. The molecule has 2 atom stereocenters. The minimum absolute atomic E-state index is 0.0646. The molecule has 48 heavy (non-hydrogen) atoms. The Labute approximate surface area is 277 Å². The van der Waals surface area contributed by atoms with Crippen molar-refractivity contribution in [1.29, 1.82) is 0 Å². The lowest BCUT2D eigenvalue weighted by molar-refractivity contribution is -0.137. The molecular weight excluding hydrogens is 656 g/mol. The zero-order valence-corrected chi connectivity index (χ0v) is 26.7. The fraction of sp³-hybridized carbons (Fsp3) is 0.303. The third-order valence-electron chi connectivity index (χ3n) is 8.00. The van der Waals surface area contributed by atoms with Crippen molar-refractivity contribution in [3.63, 3.8) is 0 Å². The fourth-order valence-corrected chi connectivity index (χ4v) is 5.73. The maximum atomic E-state index is 14.2. The lowest BCUT2D eigenvalue weighted by Crippen LogP contribution is -2.51. The Morgan fingerprint density at radius 1 is 1.04 bits per heavy atom. The van der Waals surface area contributed by atoms with Gasteiger partial charge < -0.3 is 25.3 Å². The summed E-state index contributed by atoms with van der Waals surface area (Å²) in [7, 11) is 1.23. The summed E-state index contributed by atoms with van der Waals surface area (Å²) in [6.07, 6.45) is -1.56. The van der Waals surface area contributed by atoms with E-state index in [1.54, 1.807) is 23.2 Å². The van der Waals surface area contributed by atoms with Crippen molar-refractivity contribution in [2.24, 2.45) is 5.92 Å². The van der Waals surface area contributed by atoms with Crippen LogP contribution in [0.3, 0.4) is 0 Å². The number of alkyl halides is 3. The average molecular weight is 687 g/mol. The molecule has 1 fully saturated rings. The molecule has 10 nitrogen and oxygen atoms in total. The predicted octanol–water partition coefficient (Wildman–Crippen LogP) is 7.25. The maximum absolute atomic E-state index is 14.2. The number of nitrogens with zero attached hydrogens (tertiary/aromatic N) is 3. The molecular formula is C33H31ClF4N6O4. The van der Waals surface area contributed by atoms with Crippen LogP contribution in [0.2, 0.25) is 5.02 Å². The third-order valence-corrected chi connectivity index (χ3v) is 8.31. The Morgan fingerprint density at radius 2 is 1.75 bits per heavy atom. The number of aromatic nitrogens is 3. The number of ether oxygens (including phenoxy) is 1. The van der Waals surface area contributed by atoms with Crippen LogP contribution in [0.15, 0.2) is 60.9 Å². The van der Waals surface area contributed by atoms with Crippen LogP contribution in [0, 0.1) is 11.9 Å². The number of pyridine rings is 1. The topological polar surface area (TPSA) is 129 Å². The normalized spacial score (nSPS) is 15.4. The van der Waals surface area contributed by atoms with Gasteiger partial charge in [-0.15, -0.1) is 0 Å². The molecule has 0 unspecified atom stereocenters. The monoisotopic (exact) mass is 686 g/mol. The molecule has 0 radical (unpaired) electrons. The van der Waals surface area contributed by atoms with Crippen LogP contribution >= 0.6 is 11.6 Å². The van der Waals surface area contributed by atoms with Crippen molar-refractivity contribution in [1.82, 2.24) is 25.2 Å². The van der Waals surface area contributed by atoms with Crippen molar-refractivity contribution < 1.29 is 36.7 Å². The van der Waals surface area contributed by atoms with Gasteiger partial charge in [0.1, 0.15) is 11.9 Å². The quantitative estimate of drug-likeness (QED) is 0.132. The first-order valence-corrected chi connectivity index (χ1v) is 15.3. The van der Waals surface area contributed by atoms with Crippen LogP contribution in [0.4, 0.5) is 28.0 Å². The molecule has 5 rings (SSSR count). The number of rotatable bonds is 8. The molecule has 0 bridgehead atoms. The molecule has 2 aromatic heterocycles. The number of carbonyl (C=O) groups is 3. The minimum atomic E-state index is -4.79. The zero-order valence-electron chi connectivity index (χ0n) is 26.0. The van der Waals surface area contributed by atoms with Crippen LogP contribution in [0.1, 0.15) is 54.5 Å². The van der Waals surface area contributed by atoms with Gasteiger partial charge in [-0.3, -0.25) is 9.59 Å². The lowest BCUT2D eigenvalue weighted by atomic mass is 9.97. The second-order valence-electron chi connectivity index (χ2n) is 11.5. The number of imidazole rings is 1. The second-order valence-corrected chi connectivity index (χ2v) is 11.9. The summed E-state index contributed by atoms with van der Waals surface area (Å²) < 4.78 is 60.5. The smallest absolute Gasteiger partial charge is 0.417 e. The molecule has 252 valence electrons. The first kappa shape index (κ1) is 34.4. The van der Waals surface area contributed by atoms with Crippen LogP contribution in [0.5, 0.6) is 0 Å². The number of H-pyrrole nitrogens is 1. The number of benzene rings is 2. The van der Waals surface area contributed by atoms with Gasteiger partial charge in [0.15, 0.2) is 0 Å². The molecule has 1 aliphatic rings. The van der Waals surface area contributed by atoms with E-state index in [0.29, 0.717) is 30.0 Å². The van der Waals surface area contributed by atoms with Crippen LogP contribution in [-0.4, -0.2) is 57.5 Å². The van der Waals surface area contributed by atoms with Crippen molar-refractivity contribution in [3.8, 4) is 22.4 Å². The van der Waals surface area contributed by atoms with Gasteiger partial charge in [0, 0.05) is 12.7 Å². The zero-order chi connectivity index (χ0) is 34.7. The van der Waals surface area contributed by atoms with Crippen LogP contribution in [-0.2, 0) is 15.7 Å². The van der Waals surface area contributed by atoms with Gasteiger partial charge in [0.2, 0.25) is 11.9 Å². The number of carbonyl (C=O) groups excluding carboxylic acids is 3. The van der Waals surface area contributed by atoms with E-state index in [4.69, 9.17) is 11.6 Å². The second kappa shape index (κ2) is 14.0. The SMILES string of the molecule is COC(=O)N[C@H](C(=O)N1CCC[C@H]1c1ncc(-c2ccc(-c3cc(Cl)c(NC(=O)c4ccc(F)nc4)cc3C(F)(F)F)cc2)[nH]1)C(C)C. The fourth-order valence-electron chi connectivity index (χ4n) is 5.52. The standard InChI is InChI=1S/C33H31ClF4N6O4/c1-17(2)28(43-32(47)48-3)31(46)44-12-4-5-26(44)29-40-16-25(41-29)19-8-6-18(7-9-19)21-13-23(34)24(14-22(21)33(36,37)38)42-30(45)20-10-11-27(35)39-15-20/h6-11,13-17,26,28H,4-5,12H2,1-3H3,(H,40,41)(H,42,45)(H,43,47)/t26-,28-/m0/s1. The van der Waals surface area contributed by atoms with Crippen LogP contribution < -0.4 is 10.6 Å². The molecule has 0 aliphatic carbocycles. The van der Waals surface area contributed by atoms with Crippen molar-refractivity contribution in [2.45, 2.75) is 44.9 Å². The molecule has 2 aromatic carbocycles. The number of anilines is 1. The molecule has 0 saturated carbocycles. The Balaban J connectivity index is 1.37. The summed E-state index contributed by atoms with van der Waals surface area (Å²) in [5, 5.41) is 4.80. The van der Waals surface area contributed by atoms with Gasteiger partial charge >= 0.3 is 12.3 Å². The van der Waals surface area contributed by atoms with Crippen LogP contribution in [0.25, 0.3) is 22.4 Å². The number of amides is 3. The van der Waals surface area contributed by atoms with Crippen molar-refractivity contribution >= 4 is 35.2 Å². The molecule has 1 saturated heterocycles. The first-order valence-electron chi connectivity index (χ1n) is 14.9. The van der Waals surface area contributed by atoms with E-state index in [0.717, 1.165) is 36.9 Å². The summed E-state index contributed by atoms with van der Waals surface area (Å²) in [5.74, 6) is -1.52. The van der Waals surface area contributed by atoms with Crippen molar-refractivity contribution in [3.05, 3.63) is 88.8 Å². The minimum Gasteiger partial charge on any atom is -0.453 e. The molecule has 4 aromatic rings. The van der Waals surface area contributed by atoms with E-state index in [-0.39, 0.29) is 45.3 Å². The van der Waals surface area contributed by atoms with Crippen molar-refractivity contribution in [2.75, 3.05) is 19.0 Å². The van der Waals surface area contributed by atoms with Gasteiger partial charge in [0.05, 0.1) is 46.9 Å². The Morgan fingerprint density at radius 3 is 2.38 bits per heavy atom. The highest BCUT2D eigenvalue weighted by atomic mass is 35.5. The van der Waals surface area contributed by atoms with Gasteiger partial charge in [-0.25, -0.2) is 14.8 Å². The van der Waals surface area contributed by atoms with E-state index in [1.165, 1.54) is 19.2 Å². The van der Waals surface area contributed by atoms with E-state index in [1.807, 2.05) is 13.8 Å². The summed E-state index contributed by atoms with van der Waals surface area (Å²) in [6.45, 7) is 4.13. The number of hydrogen-bond acceptors (Lipinski definition) is 6. The molecule has 3 N–H and O–H groups in total. The summed E-state index contributed by atoms with van der Waals surface area (Å²) in [6, 6.07) is 9.10. The number of nitrogens with one attached hydrogen (secondary N) is 3. The summed E-state index contributed by atoms with van der Waals surface area (Å²) in [5.41, 5.74) is -0.119. The van der Waals surface area contributed by atoms with E-state index >= 15 is 0 Å². The molecule has 3 amide bonds. The summed E-state index contributed by atoms with van der Waals surface area (Å²) in [4.78, 5) is 50.6. The highest BCUT2D eigenvalue weighted by molar-refractivity contribution is 6.34. The predicted molar refractivity (Wildman–Crippen MR) is 169 cm³/mol. The van der Waals surface area contributed by atoms with Gasteiger partial charge in [-0.05, 0) is 59.7 Å². The number of methoxy groups -OCH3 is 1. The Hall–Kier alpha value is -4.98. The Bertz CT molecular complexity index is 1810. The number of halogens is 5. The molecule has 15 heteroatoms. The van der Waals surface area contributed by atoms with E-state index in [2.05, 4.69) is 30.3 Å². The highest BCUT2D eigenvalue weighted by Gasteiger charge is 2.38. The maximum Gasteiger partial charge on any atom is 0.417 e. The number of hydrogen-bond donors (Lipinski definition) is 3. The van der Waals surface area contributed by atoms with E-state index in [9.17, 15) is 31.9 Å². The highest BCUT2D eigenvalue weighted by Crippen LogP contribution is 2.42. The molecule has 3 heterocycles. The lowest BCUT2D eigenvalue weighted by Gasteiger charge is -2.30. The average Bonchev–Trinajstić information content (AvgIpc) is 3.74. The van der Waals surface area contributed by atoms with Gasteiger partial charge in [-0.1, -0.05) is 49.7 Å². The molecule has 0 spiro atoms. The largest absolute Gasteiger partial charge is 0.453 e. The number of likely N-dealkylation sites (tertiary alicyclic amines) is 1. The third kappa shape index (κ3) is 7.43. The number of aromatic amines is 1. The van der Waals surface area contributed by atoms with Gasteiger partial charge in [-0.2, -0.15) is 17.6 Å².